The van der Waals surface area contributed by atoms with Gasteiger partial charge in [-0.3, -0.25) is 9.59 Å². The van der Waals surface area contributed by atoms with Crippen molar-refractivity contribution in [1.29, 1.82) is 0 Å². The molecular weight excluding hydrogens is 646 g/mol. The Hall–Kier alpha value is -3.25. The van der Waals surface area contributed by atoms with Gasteiger partial charge in [0.1, 0.15) is 5.75 Å². The number of primary amides is 1. The molecule has 0 spiro atoms. The maximum atomic E-state index is 12.5. The number of halogens is 3. The maximum absolute atomic E-state index is 12.5. The predicted molar refractivity (Wildman–Crippen MR) is 154 cm³/mol. The summed E-state index contributed by atoms with van der Waals surface area (Å²) in [5.41, 5.74) is 11.3. The number of thiazole rings is 1. The molecule has 1 aromatic heterocycles. The Bertz CT molecular complexity index is 1440. The van der Waals surface area contributed by atoms with Gasteiger partial charge in [-0.15, -0.1) is 11.3 Å². The fourth-order valence-corrected chi connectivity index (χ4v) is 5.39. The summed E-state index contributed by atoms with van der Waals surface area (Å²) in [7, 11) is 0. The van der Waals surface area contributed by atoms with Gasteiger partial charge in [0.05, 0.1) is 20.9 Å². The minimum Gasteiger partial charge on any atom is -0.481 e. The Balaban J connectivity index is 1.35. The summed E-state index contributed by atoms with van der Waals surface area (Å²) in [6.45, 7) is -0.247. The standard InChI is InChI=1S/C25H18Br2ClN5O3S/c26-19-9-14(10-20(27)23(19)36-12-22(29)34)11-30-33-24(35)16-3-1-15(2-4-16)21-13-37-25(32-21)31-18-7-5-17(28)6-8-18/h1-11,13H,12H2,(H2,29,34)(H,31,32)(H,33,35)/b30-11-. The van der Waals surface area contributed by atoms with E-state index in [0.717, 1.165) is 22.1 Å². The minimum atomic E-state index is -0.581. The number of rotatable bonds is 9. The molecule has 2 amide bonds. The first kappa shape index (κ1) is 26.8. The molecule has 0 aliphatic carbocycles. The summed E-state index contributed by atoms with van der Waals surface area (Å²) in [4.78, 5) is 28.1. The quantitative estimate of drug-likeness (QED) is 0.142. The summed E-state index contributed by atoms with van der Waals surface area (Å²) in [5, 5.41) is 10.6. The molecule has 0 aliphatic heterocycles. The first-order valence-corrected chi connectivity index (χ1v) is 13.4. The third-order valence-corrected chi connectivity index (χ3v) is 6.99. The minimum absolute atomic E-state index is 0.247. The molecule has 0 saturated heterocycles. The predicted octanol–water partition coefficient (Wildman–Crippen LogP) is 6.36. The second-order valence-electron chi connectivity index (χ2n) is 7.51. The van der Waals surface area contributed by atoms with Gasteiger partial charge < -0.3 is 15.8 Å². The van der Waals surface area contributed by atoms with Crippen molar-refractivity contribution in [2.24, 2.45) is 10.8 Å². The van der Waals surface area contributed by atoms with E-state index < -0.39 is 5.91 Å². The maximum Gasteiger partial charge on any atom is 0.271 e. The highest BCUT2D eigenvalue weighted by molar-refractivity contribution is 9.11. The van der Waals surface area contributed by atoms with E-state index in [1.54, 1.807) is 24.3 Å². The molecule has 8 nitrogen and oxygen atoms in total. The fourth-order valence-electron chi connectivity index (χ4n) is 3.08. The number of anilines is 2. The van der Waals surface area contributed by atoms with Crippen LogP contribution in [-0.4, -0.2) is 29.6 Å². The van der Waals surface area contributed by atoms with Crippen LogP contribution in [0.3, 0.4) is 0 Å². The lowest BCUT2D eigenvalue weighted by molar-refractivity contribution is -0.119. The van der Waals surface area contributed by atoms with E-state index in [2.05, 4.69) is 52.7 Å². The van der Waals surface area contributed by atoms with Crippen molar-refractivity contribution >= 4 is 83.6 Å². The second-order valence-corrected chi connectivity index (χ2v) is 10.5. The summed E-state index contributed by atoms with van der Waals surface area (Å²) in [5.74, 6) is -0.499. The van der Waals surface area contributed by atoms with Gasteiger partial charge in [0.15, 0.2) is 11.7 Å². The van der Waals surface area contributed by atoms with Crippen molar-refractivity contribution < 1.29 is 14.3 Å². The van der Waals surface area contributed by atoms with Gasteiger partial charge in [-0.2, -0.15) is 5.10 Å². The average molecular weight is 664 g/mol. The first-order valence-electron chi connectivity index (χ1n) is 10.6. The lowest BCUT2D eigenvalue weighted by atomic mass is 10.1. The molecule has 4 rings (SSSR count). The van der Waals surface area contributed by atoms with Crippen LogP contribution >= 0.6 is 54.8 Å². The van der Waals surface area contributed by atoms with Crippen LogP contribution in [0.5, 0.6) is 5.75 Å². The molecule has 0 fully saturated rings. The van der Waals surface area contributed by atoms with Crippen LogP contribution in [0, 0.1) is 0 Å². The molecule has 0 bridgehead atoms. The van der Waals surface area contributed by atoms with E-state index in [0.29, 0.717) is 30.8 Å². The molecule has 188 valence electrons. The van der Waals surface area contributed by atoms with Crippen molar-refractivity contribution in [3.63, 3.8) is 0 Å². The largest absolute Gasteiger partial charge is 0.481 e. The van der Waals surface area contributed by atoms with Crippen LogP contribution in [0.15, 0.2) is 80.1 Å². The van der Waals surface area contributed by atoms with E-state index in [-0.39, 0.29) is 12.5 Å². The van der Waals surface area contributed by atoms with Crippen LogP contribution in [0.25, 0.3) is 11.3 Å². The molecule has 37 heavy (non-hydrogen) atoms. The highest BCUT2D eigenvalue weighted by Gasteiger charge is 2.11. The number of nitrogens with zero attached hydrogens (tertiary/aromatic N) is 2. The molecule has 0 unspecified atom stereocenters. The topological polar surface area (TPSA) is 119 Å². The molecule has 0 radical (unpaired) electrons. The summed E-state index contributed by atoms with van der Waals surface area (Å²) < 4.78 is 6.56. The SMILES string of the molecule is NC(=O)COc1c(Br)cc(/C=N\NC(=O)c2ccc(-c3csc(Nc4ccc(Cl)cc4)n3)cc2)cc1Br. The van der Waals surface area contributed by atoms with Crippen LogP contribution < -0.4 is 21.2 Å². The first-order chi connectivity index (χ1) is 17.8. The number of hydrazone groups is 1. The van der Waals surface area contributed by atoms with Crippen molar-refractivity contribution in [3.8, 4) is 17.0 Å². The third kappa shape index (κ3) is 7.39. The Morgan fingerprint density at radius 3 is 2.41 bits per heavy atom. The molecule has 4 aromatic rings. The monoisotopic (exact) mass is 661 g/mol. The number of benzene rings is 3. The summed E-state index contributed by atoms with van der Waals surface area (Å²) >= 11 is 14.2. The van der Waals surface area contributed by atoms with E-state index in [4.69, 9.17) is 22.1 Å². The van der Waals surface area contributed by atoms with Crippen molar-refractivity contribution in [2.45, 2.75) is 0 Å². The van der Waals surface area contributed by atoms with Gasteiger partial charge in [0.2, 0.25) is 0 Å². The molecule has 0 aliphatic rings. The van der Waals surface area contributed by atoms with Crippen LogP contribution in [0.4, 0.5) is 10.8 Å². The number of hydrogen-bond acceptors (Lipinski definition) is 7. The number of hydrogen-bond donors (Lipinski definition) is 3. The van der Waals surface area contributed by atoms with Crippen LogP contribution in [0.1, 0.15) is 15.9 Å². The normalized spacial score (nSPS) is 10.9. The molecule has 1 heterocycles. The Labute approximate surface area is 238 Å². The van der Waals surface area contributed by atoms with E-state index >= 15 is 0 Å². The Morgan fingerprint density at radius 2 is 1.76 bits per heavy atom. The van der Waals surface area contributed by atoms with Crippen LogP contribution in [0.2, 0.25) is 5.02 Å². The molecule has 4 N–H and O–H groups in total. The highest BCUT2D eigenvalue weighted by atomic mass is 79.9. The lowest BCUT2D eigenvalue weighted by Gasteiger charge is -2.09. The smallest absolute Gasteiger partial charge is 0.271 e. The number of carbonyl (C=O) groups excluding carboxylic acids is 2. The fraction of sp³-hybridized carbons (Fsp3) is 0.0400. The van der Waals surface area contributed by atoms with E-state index in [9.17, 15) is 9.59 Å². The number of nitrogens with one attached hydrogen (secondary N) is 2. The second kappa shape index (κ2) is 12.3. The summed E-state index contributed by atoms with van der Waals surface area (Å²) in [6.07, 6.45) is 1.49. The highest BCUT2D eigenvalue weighted by Crippen LogP contribution is 2.34. The lowest BCUT2D eigenvalue weighted by Crippen LogP contribution is -2.20. The van der Waals surface area contributed by atoms with Gasteiger partial charge >= 0.3 is 0 Å². The van der Waals surface area contributed by atoms with Crippen LogP contribution in [-0.2, 0) is 4.79 Å². The van der Waals surface area contributed by atoms with Gasteiger partial charge in [-0.05, 0) is 86.0 Å². The zero-order valence-corrected chi connectivity index (χ0v) is 23.6. The molecule has 0 saturated carbocycles. The molecule has 0 atom stereocenters. The van der Waals surface area contributed by atoms with Gasteiger partial charge in [0, 0.05) is 27.2 Å². The number of amides is 2. The zero-order valence-electron chi connectivity index (χ0n) is 18.9. The van der Waals surface area contributed by atoms with Gasteiger partial charge in [-0.1, -0.05) is 23.7 Å². The molecular formula is C25H18Br2ClN5O3S. The zero-order chi connectivity index (χ0) is 26.4. The number of aromatic nitrogens is 1. The number of ether oxygens (including phenoxy) is 1. The molecule has 12 heteroatoms. The summed E-state index contributed by atoms with van der Waals surface area (Å²) in [6, 6.07) is 17.9. The van der Waals surface area contributed by atoms with Crippen molar-refractivity contribution in [3.05, 3.63) is 91.1 Å². The number of nitrogens with two attached hydrogens (primary N) is 1. The molecule has 3 aromatic carbocycles. The average Bonchev–Trinajstić information content (AvgIpc) is 3.33. The Morgan fingerprint density at radius 1 is 1.08 bits per heavy atom. The number of carbonyl (C=O) groups is 2. The third-order valence-electron chi connectivity index (χ3n) is 4.80. The van der Waals surface area contributed by atoms with E-state index in [1.165, 1.54) is 17.6 Å². The van der Waals surface area contributed by atoms with Gasteiger partial charge in [0.25, 0.3) is 11.8 Å². The van der Waals surface area contributed by atoms with E-state index in [1.807, 2.05) is 41.8 Å². The van der Waals surface area contributed by atoms with Crippen molar-refractivity contribution in [1.82, 2.24) is 10.4 Å². The Kier molecular flexibility index (Phi) is 8.93. The van der Waals surface area contributed by atoms with Gasteiger partial charge in [-0.25, -0.2) is 10.4 Å². The van der Waals surface area contributed by atoms with Crippen molar-refractivity contribution in [2.75, 3.05) is 11.9 Å².